The van der Waals surface area contributed by atoms with Crippen molar-refractivity contribution in [1.29, 1.82) is 0 Å². The highest BCUT2D eigenvalue weighted by Crippen LogP contribution is 2.21. The van der Waals surface area contributed by atoms with Crippen LogP contribution >= 0.6 is 11.8 Å². The molecule has 0 heterocycles. The zero-order chi connectivity index (χ0) is 9.68. The Bertz CT molecular complexity index is 243. The van der Waals surface area contributed by atoms with Crippen molar-refractivity contribution in [3.05, 3.63) is 29.8 Å². The summed E-state index contributed by atoms with van der Waals surface area (Å²) < 4.78 is 0. The lowest BCUT2D eigenvalue weighted by molar-refractivity contribution is 0.278. The standard InChI is InChI=1S/C11H16OS/c1-9(7-8-12)10-3-5-11(13-2)6-4-10/h3-6,9,12H,7-8H2,1-2H3. The highest BCUT2D eigenvalue weighted by Gasteiger charge is 2.03. The molecule has 1 aromatic carbocycles. The van der Waals surface area contributed by atoms with E-state index in [1.807, 2.05) is 0 Å². The van der Waals surface area contributed by atoms with Crippen LogP contribution in [0.5, 0.6) is 0 Å². The van der Waals surface area contributed by atoms with Gasteiger partial charge >= 0.3 is 0 Å². The summed E-state index contributed by atoms with van der Waals surface area (Å²) in [5.41, 5.74) is 1.31. The Morgan fingerprint density at radius 1 is 1.31 bits per heavy atom. The molecule has 0 fully saturated rings. The van der Waals surface area contributed by atoms with Crippen LogP contribution in [-0.2, 0) is 0 Å². The van der Waals surface area contributed by atoms with Gasteiger partial charge in [-0.3, -0.25) is 0 Å². The smallest absolute Gasteiger partial charge is 0.0436 e. The van der Waals surface area contributed by atoms with Gasteiger partial charge in [0.05, 0.1) is 0 Å². The minimum absolute atomic E-state index is 0.269. The predicted octanol–water partition coefficient (Wildman–Crippen LogP) is 2.89. The maximum absolute atomic E-state index is 8.79. The van der Waals surface area contributed by atoms with Crippen LogP contribution < -0.4 is 0 Å². The molecular weight excluding hydrogens is 180 g/mol. The molecule has 0 amide bonds. The molecule has 0 aromatic heterocycles. The second-order valence-electron chi connectivity index (χ2n) is 3.19. The largest absolute Gasteiger partial charge is 0.396 e. The van der Waals surface area contributed by atoms with Gasteiger partial charge in [0.1, 0.15) is 0 Å². The van der Waals surface area contributed by atoms with Crippen LogP contribution in [0, 0.1) is 0 Å². The molecule has 0 aliphatic carbocycles. The Hall–Kier alpha value is -0.470. The summed E-state index contributed by atoms with van der Waals surface area (Å²) in [7, 11) is 0. The molecule has 1 atom stereocenters. The number of aliphatic hydroxyl groups is 1. The molecule has 1 rings (SSSR count). The molecule has 0 spiro atoms. The number of rotatable bonds is 4. The van der Waals surface area contributed by atoms with Gasteiger partial charge in [0, 0.05) is 11.5 Å². The Kier molecular flexibility index (Phi) is 4.33. The van der Waals surface area contributed by atoms with Crippen molar-refractivity contribution in [2.45, 2.75) is 24.2 Å². The van der Waals surface area contributed by atoms with E-state index in [1.165, 1.54) is 10.5 Å². The Morgan fingerprint density at radius 2 is 1.92 bits per heavy atom. The van der Waals surface area contributed by atoms with Gasteiger partial charge in [0.25, 0.3) is 0 Å². The molecule has 0 aliphatic heterocycles. The third-order valence-corrected chi connectivity index (χ3v) is 2.99. The molecular formula is C11H16OS. The van der Waals surface area contributed by atoms with Crippen LogP contribution in [-0.4, -0.2) is 18.0 Å². The maximum Gasteiger partial charge on any atom is 0.0436 e. The normalized spacial score (nSPS) is 12.8. The van der Waals surface area contributed by atoms with Crippen LogP contribution in [0.15, 0.2) is 29.2 Å². The first-order valence-electron chi connectivity index (χ1n) is 4.52. The molecule has 1 unspecified atom stereocenters. The number of benzene rings is 1. The lowest BCUT2D eigenvalue weighted by Crippen LogP contribution is -1.96. The van der Waals surface area contributed by atoms with Gasteiger partial charge in [-0.1, -0.05) is 19.1 Å². The fraction of sp³-hybridized carbons (Fsp3) is 0.455. The average molecular weight is 196 g/mol. The van der Waals surface area contributed by atoms with Gasteiger partial charge in [-0.15, -0.1) is 11.8 Å². The molecule has 1 N–H and O–H groups in total. The Labute approximate surface area is 84.2 Å². The minimum Gasteiger partial charge on any atom is -0.396 e. The summed E-state index contributed by atoms with van der Waals surface area (Å²) in [5.74, 6) is 0.459. The van der Waals surface area contributed by atoms with Crippen molar-refractivity contribution in [3.63, 3.8) is 0 Å². The summed E-state index contributed by atoms with van der Waals surface area (Å²) in [6.07, 6.45) is 2.92. The molecule has 2 heteroatoms. The van der Waals surface area contributed by atoms with E-state index in [0.29, 0.717) is 5.92 Å². The number of aliphatic hydroxyl groups excluding tert-OH is 1. The first-order chi connectivity index (χ1) is 6.27. The lowest BCUT2D eigenvalue weighted by atomic mass is 9.98. The van der Waals surface area contributed by atoms with E-state index in [-0.39, 0.29) is 6.61 Å². The minimum atomic E-state index is 0.269. The summed E-state index contributed by atoms with van der Waals surface area (Å²) in [6, 6.07) is 8.56. The molecule has 0 saturated carbocycles. The molecule has 0 aliphatic rings. The number of hydrogen-bond acceptors (Lipinski definition) is 2. The number of hydrogen-bond donors (Lipinski definition) is 1. The van der Waals surface area contributed by atoms with Crippen LogP contribution in [0.4, 0.5) is 0 Å². The van der Waals surface area contributed by atoms with Crippen molar-refractivity contribution in [1.82, 2.24) is 0 Å². The number of thioether (sulfide) groups is 1. The molecule has 0 saturated heterocycles. The summed E-state index contributed by atoms with van der Waals surface area (Å²) >= 11 is 1.75. The van der Waals surface area contributed by atoms with E-state index in [2.05, 4.69) is 37.4 Å². The molecule has 1 nitrogen and oxygen atoms in total. The summed E-state index contributed by atoms with van der Waals surface area (Å²) in [4.78, 5) is 1.29. The zero-order valence-electron chi connectivity index (χ0n) is 8.16. The molecule has 0 radical (unpaired) electrons. The first kappa shape index (κ1) is 10.6. The van der Waals surface area contributed by atoms with Crippen molar-refractivity contribution in [3.8, 4) is 0 Å². The third-order valence-electron chi connectivity index (χ3n) is 2.25. The van der Waals surface area contributed by atoms with Crippen LogP contribution in [0.3, 0.4) is 0 Å². The highest BCUT2D eigenvalue weighted by atomic mass is 32.2. The van der Waals surface area contributed by atoms with E-state index in [0.717, 1.165) is 6.42 Å². The second kappa shape index (κ2) is 5.30. The Balaban J connectivity index is 2.67. The van der Waals surface area contributed by atoms with Gasteiger partial charge in [-0.05, 0) is 36.3 Å². The zero-order valence-corrected chi connectivity index (χ0v) is 8.97. The molecule has 0 bridgehead atoms. The van der Waals surface area contributed by atoms with Gasteiger partial charge in [-0.2, -0.15) is 0 Å². The Morgan fingerprint density at radius 3 is 2.38 bits per heavy atom. The van der Waals surface area contributed by atoms with Gasteiger partial charge in [0.2, 0.25) is 0 Å². The predicted molar refractivity (Wildman–Crippen MR) is 58.3 cm³/mol. The van der Waals surface area contributed by atoms with Crippen molar-refractivity contribution >= 4 is 11.8 Å². The van der Waals surface area contributed by atoms with E-state index in [9.17, 15) is 0 Å². The van der Waals surface area contributed by atoms with Crippen molar-refractivity contribution in [2.75, 3.05) is 12.9 Å². The summed E-state index contributed by atoms with van der Waals surface area (Å²) in [6.45, 7) is 2.41. The van der Waals surface area contributed by atoms with Crippen molar-refractivity contribution in [2.24, 2.45) is 0 Å². The van der Waals surface area contributed by atoms with Crippen LogP contribution in [0.2, 0.25) is 0 Å². The average Bonchev–Trinajstić information content (AvgIpc) is 2.18. The monoisotopic (exact) mass is 196 g/mol. The SMILES string of the molecule is CSc1ccc(C(C)CCO)cc1. The summed E-state index contributed by atoms with van der Waals surface area (Å²) in [5, 5.41) is 8.79. The van der Waals surface area contributed by atoms with Gasteiger partial charge < -0.3 is 5.11 Å². The first-order valence-corrected chi connectivity index (χ1v) is 5.75. The van der Waals surface area contributed by atoms with Crippen LogP contribution in [0.25, 0.3) is 0 Å². The molecule has 72 valence electrons. The lowest BCUT2D eigenvalue weighted by Gasteiger charge is -2.09. The van der Waals surface area contributed by atoms with E-state index >= 15 is 0 Å². The third kappa shape index (κ3) is 3.05. The van der Waals surface area contributed by atoms with E-state index < -0.39 is 0 Å². The van der Waals surface area contributed by atoms with Crippen LogP contribution in [0.1, 0.15) is 24.8 Å². The van der Waals surface area contributed by atoms with Gasteiger partial charge in [0.15, 0.2) is 0 Å². The fourth-order valence-corrected chi connectivity index (χ4v) is 1.70. The molecule has 1 aromatic rings. The van der Waals surface area contributed by atoms with E-state index in [1.54, 1.807) is 11.8 Å². The molecule has 13 heavy (non-hydrogen) atoms. The van der Waals surface area contributed by atoms with E-state index in [4.69, 9.17) is 5.11 Å². The highest BCUT2D eigenvalue weighted by molar-refractivity contribution is 7.98. The van der Waals surface area contributed by atoms with Crippen molar-refractivity contribution < 1.29 is 5.11 Å². The maximum atomic E-state index is 8.79. The fourth-order valence-electron chi connectivity index (χ4n) is 1.29. The van der Waals surface area contributed by atoms with Gasteiger partial charge in [-0.25, -0.2) is 0 Å². The second-order valence-corrected chi connectivity index (χ2v) is 4.07. The quantitative estimate of drug-likeness (QED) is 0.747. The topological polar surface area (TPSA) is 20.2 Å².